The molecule has 0 N–H and O–H groups in total. The molecule has 0 aliphatic heterocycles. The van der Waals surface area contributed by atoms with Crippen molar-refractivity contribution in [3.63, 3.8) is 0 Å². The second-order valence-corrected chi connectivity index (χ2v) is 4.10. The smallest absolute Gasteiger partial charge is 0.145 e. The average Bonchev–Trinajstić information content (AvgIpc) is 2.48. The summed E-state index contributed by atoms with van der Waals surface area (Å²) < 4.78 is 5.78. The van der Waals surface area contributed by atoms with Gasteiger partial charge in [-0.3, -0.25) is 0 Å². The molecule has 94 valence electrons. The van der Waals surface area contributed by atoms with Crippen molar-refractivity contribution in [2.75, 3.05) is 0 Å². The van der Waals surface area contributed by atoms with Crippen LogP contribution >= 0.6 is 0 Å². The Hall–Kier alpha value is -2.53. The van der Waals surface area contributed by atoms with Crippen LogP contribution in [0.4, 0.5) is 0 Å². The second kappa shape index (κ2) is 6.42. The van der Waals surface area contributed by atoms with E-state index in [1.54, 1.807) is 0 Å². The molecule has 0 saturated heterocycles. The Morgan fingerprint density at radius 2 is 1.79 bits per heavy atom. The molecule has 2 aromatic rings. The van der Waals surface area contributed by atoms with E-state index >= 15 is 0 Å². The fourth-order valence-corrected chi connectivity index (χ4v) is 1.75. The van der Waals surface area contributed by atoms with E-state index < -0.39 is 0 Å². The van der Waals surface area contributed by atoms with Gasteiger partial charge < -0.3 is 4.74 Å². The number of hydrogen-bond donors (Lipinski definition) is 0. The SMILES string of the molecule is CCc1ccc(O/C(=C\C#N)c2ccccc2)cc1. The number of rotatable bonds is 4. The minimum absolute atomic E-state index is 0.562. The standard InChI is InChI=1S/C17H15NO/c1-2-14-8-10-16(11-9-14)19-17(12-13-18)15-6-4-3-5-7-15/h3-12H,2H2,1H3/b17-12-. The van der Waals surface area contributed by atoms with E-state index in [1.807, 2.05) is 60.7 Å². The molecule has 0 amide bonds. The van der Waals surface area contributed by atoms with E-state index in [1.165, 1.54) is 11.6 Å². The minimum Gasteiger partial charge on any atom is -0.456 e. The van der Waals surface area contributed by atoms with Crippen LogP contribution in [0.15, 0.2) is 60.7 Å². The largest absolute Gasteiger partial charge is 0.456 e. The van der Waals surface area contributed by atoms with Crippen molar-refractivity contribution in [1.82, 2.24) is 0 Å². The van der Waals surface area contributed by atoms with E-state index in [9.17, 15) is 0 Å². The fourth-order valence-electron chi connectivity index (χ4n) is 1.75. The predicted molar refractivity (Wildman–Crippen MR) is 76.5 cm³/mol. The topological polar surface area (TPSA) is 33.0 Å². The molecule has 2 nitrogen and oxygen atoms in total. The summed E-state index contributed by atoms with van der Waals surface area (Å²) in [7, 11) is 0. The van der Waals surface area contributed by atoms with Crippen LogP contribution < -0.4 is 4.74 Å². The van der Waals surface area contributed by atoms with Gasteiger partial charge in [0.05, 0.1) is 12.1 Å². The van der Waals surface area contributed by atoms with Crippen LogP contribution in [-0.4, -0.2) is 0 Å². The third kappa shape index (κ3) is 3.46. The van der Waals surface area contributed by atoms with Crippen molar-refractivity contribution in [1.29, 1.82) is 5.26 Å². The van der Waals surface area contributed by atoms with Gasteiger partial charge in [0.2, 0.25) is 0 Å². The van der Waals surface area contributed by atoms with Crippen molar-refractivity contribution >= 4 is 5.76 Å². The lowest BCUT2D eigenvalue weighted by Crippen LogP contribution is -1.95. The highest BCUT2D eigenvalue weighted by atomic mass is 16.5. The molecule has 0 aromatic heterocycles. The first kappa shape index (κ1) is 12.9. The lowest BCUT2D eigenvalue weighted by Gasteiger charge is -2.09. The molecule has 0 bridgehead atoms. The molecule has 2 heteroatoms. The molecule has 0 aliphatic rings. The Morgan fingerprint density at radius 3 is 2.37 bits per heavy atom. The zero-order chi connectivity index (χ0) is 13.5. The normalized spacial score (nSPS) is 10.8. The minimum atomic E-state index is 0.562. The molecule has 19 heavy (non-hydrogen) atoms. The van der Waals surface area contributed by atoms with E-state index in [0.717, 1.165) is 17.7 Å². The summed E-state index contributed by atoms with van der Waals surface area (Å²) >= 11 is 0. The van der Waals surface area contributed by atoms with Crippen LogP contribution in [0.2, 0.25) is 0 Å². The summed E-state index contributed by atoms with van der Waals surface area (Å²) in [6, 6.07) is 19.5. The molecule has 0 aliphatic carbocycles. The Balaban J connectivity index is 2.22. The van der Waals surface area contributed by atoms with Gasteiger partial charge in [-0.25, -0.2) is 0 Å². The first-order valence-electron chi connectivity index (χ1n) is 6.25. The van der Waals surface area contributed by atoms with Crippen LogP contribution in [0.5, 0.6) is 5.75 Å². The van der Waals surface area contributed by atoms with Crippen molar-refractivity contribution < 1.29 is 4.74 Å². The van der Waals surface area contributed by atoms with Crippen molar-refractivity contribution in [3.8, 4) is 11.8 Å². The van der Waals surface area contributed by atoms with Gasteiger partial charge in [0, 0.05) is 5.56 Å². The molecule has 0 radical (unpaired) electrons. The van der Waals surface area contributed by atoms with Gasteiger partial charge in [-0.05, 0) is 24.1 Å². The maximum Gasteiger partial charge on any atom is 0.145 e. The number of allylic oxidation sites excluding steroid dienone is 1. The Labute approximate surface area is 113 Å². The average molecular weight is 249 g/mol. The highest BCUT2D eigenvalue weighted by Crippen LogP contribution is 2.21. The van der Waals surface area contributed by atoms with Crippen LogP contribution in [0.25, 0.3) is 5.76 Å². The highest BCUT2D eigenvalue weighted by Gasteiger charge is 2.04. The predicted octanol–water partition coefficient (Wildman–Crippen LogP) is 4.19. The second-order valence-electron chi connectivity index (χ2n) is 4.10. The summed E-state index contributed by atoms with van der Waals surface area (Å²) in [5.41, 5.74) is 2.15. The molecule has 0 unspecified atom stereocenters. The maximum absolute atomic E-state index is 8.85. The summed E-state index contributed by atoms with van der Waals surface area (Å²) in [5.74, 6) is 1.30. The lowest BCUT2D eigenvalue weighted by atomic mass is 10.1. The Bertz CT molecular complexity index is 591. The van der Waals surface area contributed by atoms with Crippen molar-refractivity contribution in [2.24, 2.45) is 0 Å². The number of ether oxygens (including phenoxy) is 1. The van der Waals surface area contributed by atoms with E-state index in [4.69, 9.17) is 10.00 Å². The summed E-state index contributed by atoms with van der Waals surface area (Å²) in [6.45, 7) is 2.11. The highest BCUT2D eigenvalue weighted by molar-refractivity contribution is 5.64. The van der Waals surface area contributed by atoms with E-state index in [2.05, 4.69) is 6.92 Å². The fraction of sp³-hybridized carbons (Fsp3) is 0.118. The molecular formula is C17H15NO. The van der Waals surface area contributed by atoms with Gasteiger partial charge in [-0.1, -0.05) is 49.4 Å². The molecule has 2 rings (SSSR count). The maximum atomic E-state index is 8.85. The quantitative estimate of drug-likeness (QED) is 0.601. The summed E-state index contributed by atoms with van der Waals surface area (Å²) in [6.07, 6.45) is 2.42. The number of nitriles is 1. The van der Waals surface area contributed by atoms with Gasteiger partial charge >= 0.3 is 0 Å². The first-order valence-corrected chi connectivity index (χ1v) is 6.25. The molecule has 0 atom stereocenters. The number of hydrogen-bond acceptors (Lipinski definition) is 2. The molecule has 2 aromatic carbocycles. The van der Waals surface area contributed by atoms with E-state index in [0.29, 0.717) is 5.76 Å². The summed E-state index contributed by atoms with van der Waals surface area (Å²) in [5, 5.41) is 8.85. The molecular weight excluding hydrogens is 234 g/mol. The summed E-state index contributed by atoms with van der Waals surface area (Å²) in [4.78, 5) is 0. The van der Waals surface area contributed by atoms with Gasteiger partial charge in [-0.15, -0.1) is 0 Å². The number of aryl methyl sites for hydroxylation is 1. The Morgan fingerprint density at radius 1 is 1.11 bits per heavy atom. The van der Waals surface area contributed by atoms with Crippen LogP contribution in [0.1, 0.15) is 18.1 Å². The van der Waals surface area contributed by atoms with Crippen LogP contribution in [-0.2, 0) is 6.42 Å². The zero-order valence-corrected chi connectivity index (χ0v) is 10.8. The Kier molecular flexibility index (Phi) is 4.36. The molecule has 0 fully saturated rings. The zero-order valence-electron chi connectivity index (χ0n) is 10.8. The van der Waals surface area contributed by atoms with Crippen molar-refractivity contribution in [3.05, 3.63) is 71.8 Å². The van der Waals surface area contributed by atoms with Gasteiger partial charge in [0.1, 0.15) is 11.5 Å². The third-order valence-electron chi connectivity index (χ3n) is 2.81. The first-order chi connectivity index (χ1) is 9.33. The van der Waals surface area contributed by atoms with Gasteiger partial charge in [-0.2, -0.15) is 5.26 Å². The number of benzene rings is 2. The van der Waals surface area contributed by atoms with Gasteiger partial charge in [0.25, 0.3) is 0 Å². The monoisotopic (exact) mass is 249 g/mol. The van der Waals surface area contributed by atoms with Crippen LogP contribution in [0.3, 0.4) is 0 Å². The van der Waals surface area contributed by atoms with E-state index in [-0.39, 0.29) is 0 Å². The number of nitrogens with zero attached hydrogens (tertiary/aromatic N) is 1. The molecule has 0 saturated carbocycles. The lowest BCUT2D eigenvalue weighted by molar-refractivity contribution is 0.515. The van der Waals surface area contributed by atoms with Crippen molar-refractivity contribution in [2.45, 2.75) is 13.3 Å². The third-order valence-corrected chi connectivity index (χ3v) is 2.81. The van der Waals surface area contributed by atoms with Gasteiger partial charge in [0.15, 0.2) is 0 Å². The molecule has 0 heterocycles. The van der Waals surface area contributed by atoms with Crippen LogP contribution in [0, 0.1) is 11.3 Å². The molecule has 0 spiro atoms.